The molecule has 8 heteroatoms. The van der Waals surface area contributed by atoms with Gasteiger partial charge in [0.1, 0.15) is 30.1 Å². The van der Waals surface area contributed by atoms with Crippen LogP contribution in [0.15, 0.2) is 67.1 Å². The maximum absolute atomic E-state index is 13.4. The summed E-state index contributed by atoms with van der Waals surface area (Å²) in [5.41, 5.74) is 8.04. The quantitative estimate of drug-likeness (QED) is 0.170. The maximum Gasteiger partial charge on any atom is 0.164 e. The summed E-state index contributed by atoms with van der Waals surface area (Å²) in [6.45, 7) is -0.277. The Bertz CT molecular complexity index is 1970. The van der Waals surface area contributed by atoms with Crippen molar-refractivity contribution < 1.29 is 19.7 Å². The van der Waals surface area contributed by atoms with E-state index >= 15 is 0 Å². The highest BCUT2D eigenvalue weighted by Gasteiger charge is 2.35. The van der Waals surface area contributed by atoms with E-state index in [9.17, 15) is 15.0 Å². The molecule has 0 amide bonds. The van der Waals surface area contributed by atoms with Gasteiger partial charge in [0.2, 0.25) is 0 Å². The van der Waals surface area contributed by atoms with E-state index in [1.165, 1.54) is 11.7 Å². The van der Waals surface area contributed by atoms with Crippen molar-refractivity contribution in [1.29, 1.82) is 0 Å². The molecule has 0 unspecified atom stereocenters. The van der Waals surface area contributed by atoms with Crippen molar-refractivity contribution in [2.24, 2.45) is 0 Å². The topological polar surface area (TPSA) is 123 Å². The van der Waals surface area contributed by atoms with Crippen LogP contribution in [0, 0.1) is 11.8 Å². The van der Waals surface area contributed by atoms with Gasteiger partial charge in [0, 0.05) is 31.0 Å². The molecule has 3 heterocycles. The van der Waals surface area contributed by atoms with Gasteiger partial charge < -0.3 is 25.3 Å². The first-order chi connectivity index (χ1) is 19.5. The molecule has 2 aromatic heterocycles. The minimum atomic E-state index is -0.785. The number of nitrogens with two attached hydrogens (primary N) is 1. The lowest BCUT2D eigenvalue weighted by atomic mass is 9.90. The summed E-state index contributed by atoms with van der Waals surface area (Å²) in [6, 6.07) is 18.6. The second-order valence-electron chi connectivity index (χ2n) is 10.2. The second kappa shape index (κ2) is 9.57. The molecule has 0 bridgehead atoms. The third kappa shape index (κ3) is 3.87. The third-order valence-electron chi connectivity index (χ3n) is 7.86. The summed E-state index contributed by atoms with van der Waals surface area (Å²) in [5.74, 6) is 6.60. The molecule has 1 fully saturated rings. The number of ether oxygens (including phenoxy) is 1. The Balaban J connectivity index is 1.17. The van der Waals surface area contributed by atoms with Crippen molar-refractivity contribution in [3.8, 4) is 11.8 Å². The lowest BCUT2D eigenvalue weighted by molar-refractivity contribution is -0.0430. The lowest BCUT2D eigenvalue weighted by Crippen LogP contribution is -2.24. The van der Waals surface area contributed by atoms with Crippen molar-refractivity contribution in [3.05, 3.63) is 78.2 Å². The Labute approximate surface area is 229 Å². The zero-order valence-electron chi connectivity index (χ0n) is 21.5. The van der Waals surface area contributed by atoms with Crippen LogP contribution >= 0.6 is 0 Å². The SMILES string of the molecule is Nc1ncnc2c1c(C#CCCC(=O)c1ccc3ccc4cccc5ccc1c3c45)cn2[C@H]1C[C@H](O)[C@@H](CO)O1. The molecule has 7 rings (SSSR count). The van der Waals surface area contributed by atoms with Gasteiger partial charge in [-0.1, -0.05) is 66.4 Å². The predicted molar refractivity (Wildman–Crippen MR) is 154 cm³/mol. The van der Waals surface area contributed by atoms with E-state index in [4.69, 9.17) is 10.5 Å². The van der Waals surface area contributed by atoms with Crippen LogP contribution in [0.5, 0.6) is 0 Å². The van der Waals surface area contributed by atoms with E-state index < -0.39 is 18.4 Å². The highest BCUT2D eigenvalue weighted by atomic mass is 16.5. The Hall–Kier alpha value is -4.55. The molecule has 1 saturated heterocycles. The number of hydrogen-bond donors (Lipinski definition) is 3. The first-order valence-corrected chi connectivity index (χ1v) is 13.3. The Morgan fingerprint density at radius 2 is 1.77 bits per heavy atom. The van der Waals surface area contributed by atoms with E-state index in [0.717, 1.165) is 26.9 Å². The van der Waals surface area contributed by atoms with Crippen LogP contribution in [-0.2, 0) is 4.74 Å². The van der Waals surface area contributed by atoms with Gasteiger partial charge in [-0.2, -0.15) is 0 Å². The van der Waals surface area contributed by atoms with Crippen LogP contribution in [-0.4, -0.2) is 49.3 Å². The van der Waals surface area contributed by atoms with E-state index in [1.807, 2.05) is 18.2 Å². The minimum Gasteiger partial charge on any atom is -0.394 e. The standard InChI is InChI=1S/C32H26N4O4/c33-31-30-21(15-36(32(30)35-17-34-31)27-14-25(39)26(16-37)40-27)4-1-2-7-24(38)22-12-10-20-9-8-18-5-3-6-19-11-13-23(22)29(20)28(18)19/h3,5-6,8-13,15,17,25-27,37,39H,2,7,14,16H2,(H2,33,34,35)/t25-,26+,27+/m0/s1. The number of aliphatic hydroxyl groups excluding tert-OH is 2. The number of aliphatic hydroxyl groups is 2. The van der Waals surface area contributed by atoms with E-state index in [-0.39, 0.29) is 24.6 Å². The van der Waals surface area contributed by atoms with Crippen molar-refractivity contribution in [3.63, 3.8) is 0 Å². The van der Waals surface area contributed by atoms with Crippen LogP contribution in [0.1, 0.15) is 41.4 Å². The number of aromatic nitrogens is 3. The molecule has 8 nitrogen and oxygen atoms in total. The fraction of sp³-hybridized carbons (Fsp3) is 0.219. The number of ketones is 1. The number of fused-ring (bicyclic) bond motifs is 1. The van der Waals surface area contributed by atoms with Crippen molar-refractivity contribution in [2.45, 2.75) is 37.7 Å². The zero-order chi connectivity index (χ0) is 27.4. The van der Waals surface area contributed by atoms with Gasteiger partial charge in [0.05, 0.1) is 23.7 Å². The normalized spacial score (nSPS) is 19.1. The molecule has 198 valence electrons. The lowest BCUT2D eigenvalue weighted by Gasteiger charge is -2.14. The van der Waals surface area contributed by atoms with Crippen LogP contribution in [0.3, 0.4) is 0 Å². The van der Waals surface area contributed by atoms with E-state index in [2.05, 4.69) is 58.2 Å². The van der Waals surface area contributed by atoms with Crippen LogP contribution in [0.2, 0.25) is 0 Å². The molecular formula is C32H26N4O4. The van der Waals surface area contributed by atoms with Gasteiger partial charge in [-0.05, 0) is 32.3 Å². The van der Waals surface area contributed by atoms with E-state index in [0.29, 0.717) is 35.0 Å². The smallest absolute Gasteiger partial charge is 0.164 e. The summed E-state index contributed by atoms with van der Waals surface area (Å²) in [5, 5.41) is 27.0. The van der Waals surface area contributed by atoms with Crippen molar-refractivity contribution >= 4 is 55.0 Å². The van der Waals surface area contributed by atoms with Gasteiger partial charge >= 0.3 is 0 Å². The molecule has 4 N–H and O–H groups in total. The number of nitrogens with zero attached hydrogens (tertiary/aromatic N) is 3. The Morgan fingerprint density at radius 1 is 1.02 bits per heavy atom. The summed E-state index contributed by atoms with van der Waals surface area (Å²) < 4.78 is 7.59. The average Bonchev–Trinajstić information content (AvgIpc) is 3.54. The number of rotatable bonds is 5. The molecule has 0 aliphatic carbocycles. The highest BCUT2D eigenvalue weighted by Crippen LogP contribution is 2.37. The van der Waals surface area contributed by atoms with Crippen molar-refractivity contribution in [2.75, 3.05) is 12.3 Å². The van der Waals surface area contributed by atoms with Crippen LogP contribution in [0.4, 0.5) is 5.82 Å². The van der Waals surface area contributed by atoms with Gasteiger partial charge in [-0.25, -0.2) is 9.97 Å². The molecule has 0 saturated carbocycles. The highest BCUT2D eigenvalue weighted by molar-refractivity contribution is 6.26. The first-order valence-electron chi connectivity index (χ1n) is 13.3. The monoisotopic (exact) mass is 530 g/mol. The van der Waals surface area contributed by atoms with Crippen LogP contribution < -0.4 is 5.73 Å². The maximum atomic E-state index is 13.4. The van der Waals surface area contributed by atoms with Gasteiger partial charge in [-0.3, -0.25) is 4.79 Å². The molecule has 40 heavy (non-hydrogen) atoms. The molecular weight excluding hydrogens is 504 g/mol. The second-order valence-corrected chi connectivity index (χ2v) is 10.2. The molecule has 6 aromatic rings. The van der Waals surface area contributed by atoms with Gasteiger partial charge in [-0.15, -0.1) is 0 Å². The number of carbonyl (C=O) groups excluding carboxylic acids is 1. The van der Waals surface area contributed by atoms with Crippen LogP contribution in [0.25, 0.3) is 43.4 Å². The number of benzene rings is 4. The van der Waals surface area contributed by atoms with E-state index in [1.54, 1.807) is 10.8 Å². The van der Waals surface area contributed by atoms with Gasteiger partial charge in [0.15, 0.2) is 5.78 Å². The number of anilines is 1. The Morgan fingerprint density at radius 3 is 2.55 bits per heavy atom. The molecule has 1 aliphatic heterocycles. The molecule has 0 spiro atoms. The summed E-state index contributed by atoms with van der Waals surface area (Å²) in [4.78, 5) is 21.8. The third-order valence-corrected chi connectivity index (χ3v) is 7.86. The van der Waals surface area contributed by atoms with Gasteiger partial charge in [0.25, 0.3) is 0 Å². The Kier molecular flexibility index (Phi) is 5.86. The summed E-state index contributed by atoms with van der Waals surface area (Å²) in [7, 11) is 0. The fourth-order valence-corrected chi connectivity index (χ4v) is 5.92. The largest absolute Gasteiger partial charge is 0.394 e. The summed E-state index contributed by atoms with van der Waals surface area (Å²) in [6.07, 6.45) is 2.13. The molecule has 3 atom stereocenters. The number of carbonyl (C=O) groups is 1. The minimum absolute atomic E-state index is 0.0425. The number of hydrogen-bond acceptors (Lipinski definition) is 7. The number of Topliss-reactive ketones (excluding diaryl/α,β-unsaturated/α-hetero) is 1. The predicted octanol–water partition coefficient (Wildman–Crippen LogP) is 4.57. The zero-order valence-corrected chi connectivity index (χ0v) is 21.5. The number of nitrogen functional groups attached to an aromatic ring is 1. The average molecular weight is 531 g/mol. The fourth-order valence-electron chi connectivity index (χ4n) is 5.92. The van der Waals surface area contributed by atoms with Crippen molar-refractivity contribution in [1.82, 2.24) is 14.5 Å². The molecule has 0 radical (unpaired) electrons. The first kappa shape index (κ1) is 24.5. The molecule has 1 aliphatic rings. The summed E-state index contributed by atoms with van der Waals surface area (Å²) >= 11 is 0. The molecule has 4 aromatic carbocycles.